The Morgan fingerprint density at radius 2 is 1.71 bits per heavy atom. The monoisotopic (exact) mass is 462 g/mol. The highest BCUT2D eigenvalue weighted by Crippen LogP contribution is 2.33. The number of fused-ring (bicyclic) bond motifs is 1. The fourth-order valence-corrected chi connectivity index (χ4v) is 5.12. The van der Waals surface area contributed by atoms with Crippen LogP contribution in [-0.2, 0) is 14.8 Å². The first-order valence-corrected chi connectivity index (χ1v) is 11.9. The second-order valence-electron chi connectivity index (χ2n) is 7.28. The number of hydrogen-bond donors (Lipinski definition) is 0. The van der Waals surface area contributed by atoms with Crippen LogP contribution >= 0.6 is 11.6 Å². The van der Waals surface area contributed by atoms with E-state index in [4.69, 9.17) is 21.1 Å². The van der Waals surface area contributed by atoms with Crippen LogP contribution in [0.1, 0.15) is 12.0 Å². The van der Waals surface area contributed by atoms with Crippen molar-refractivity contribution in [3.63, 3.8) is 0 Å². The zero-order chi connectivity index (χ0) is 21.8. The van der Waals surface area contributed by atoms with Gasteiger partial charge in [-0.15, -0.1) is 0 Å². The molecule has 0 saturated carbocycles. The summed E-state index contributed by atoms with van der Waals surface area (Å²) in [4.78, 5) is 14.3. The topological polar surface area (TPSA) is 76.2 Å². The summed E-state index contributed by atoms with van der Waals surface area (Å²) in [5.74, 6) is 0.838. The van der Waals surface area contributed by atoms with Crippen molar-refractivity contribution < 1.29 is 22.7 Å². The summed E-state index contributed by atoms with van der Waals surface area (Å²) in [6.45, 7) is 2.13. The van der Waals surface area contributed by atoms with E-state index in [0.717, 1.165) is 12.0 Å². The Bertz CT molecular complexity index is 1090. The van der Waals surface area contributed by atoms with Gasteiger partial charge in [0, 0.05) is 49.8 Å². The van der Waals surface area contributed by atoms with Gasteiger partial charge in [-0.1, -0.05) is 23.7 Å². The molecule has 1 saturated heterocycles. The van der Waals surface area contributed by atoms with Crippen molar-refractivity contribution in [1.82, 2.24) is 9.21 Å². The van der Waals surface area contributed by atoms with Crippen LogP contribution in [0.25, 0.3) is 6.08 Å². The highest BCUT2D eigenvalue weighted by molar-refractivity contribution is 7.89. The number of carbonyl (C=O) groups is 1. The first-order chi connectivity index (χ1) is 14.9. The number of rotatable bonds is 4. The molecule has 0 unspecified atom stereocenters. The molecule has 7 nitrogen and oxygen atoms in total. The fraction of sp³-hybridized carbons (Fsp3) is 0.318. The summed E-state index contributed by atoms with van der Waals surface area (Å²) in [6, 6.07) is 11.9. The molecular formula is C22H23ClN2O5S. The lowest BCUT2D eigenvalue weighted by Gasteiger charge is -2.33. The molecule has 2 aliphatic rings. The van der Waals surface area contributed by atoms with Crippen LogP contribution in [0.15, 0.2) is 53.4 Å². The van der Waals surface area contributed by atoms with Crippen molar-refractivity contribution in [2.24, 2.45) is 0 Å². The Labute approximate surface area is 186 Å². The molecule has 9 heteroatoms. The molecule has 0 bridgehead atoms. The van der Waals surface area contributed by atoms with Gasteiger partial charge in [-0.05, 0) is 35.9 Å². The zero-order valence-corrected chi connectivity index (χ0v) is 18.4. The van der Waals surface area contributed by atoms with Crippen molar-refractivity contribution in [1.29, 1.82) is 0 Å². The Kier molecular flexibility index (Phi) is 6.50. The van der Waals surface area contributed by atoms with Crippen LogP contribution in [0.3, 0.4) is 0 Å². The average molecular weight is 463 g/mol. The van der Waals surface area contributed by atoms with Crippen molar-refractivity contribution in [3.8, 4) is 11.5 Å². The second-order valence-corrected chi connectivity index (χ2v) is 9.65. The summed E-state index contributed by atoms with van der Waals surface area (Å²) < 4.78 is 38.7. The number of carbonyl (C=O) groups excluding carboxylic acids is 1. The molecule has 0 atom stereocenters. The fourth-order valence-electron chi connectivity index (χ4n) is 3.49. The van der Waals surface area contributed by atoms with Crippen molar-refractivity contribution in [3.05, 3.63) is 59.1 Å². The number of piperazine rings is 1. The maximum Gasteiger partial charge on any atom is 0.246 e. The smallest absolute Gasteiger partial charge is 0.246 e. The number of amides is 1. The lowest BCUT2D eigenvalue weighted by Crippen LogP contribution is -2.50. The SMILES string of the molecule is O=C(C=Cc1cccc(Cl)c1)N1CCN(S(=O)(=O)c2ccc3c(c2)OCCCO3)CC1. The number of hydrogen-bond acceptors (Lipinski definition) is 5. The molecule has 2 aromatic carbocycles. The van der Waals surface area contributed by atoms with Gasteiger partial charge in [0.15, 0.2) is 11.5 Å². The molecule has 0 radical (unpaired) electrons. The van der Waals surface area contributed by atoms with E-state index in [2.05, 4.69) is 0 Å². The van der Waals surface area contributed by atoms with Crippen LogP contribution in [-0.4, -0.2) is 62.9 Å². The molecule has 1 fully saturated rings. The minimum absolute atomic E-state index is 0.160. The summed E-state index contributed by atoms with van der Waals surface area (Å²) in [5, 5.41) is 0.600. The maximum atomic E-state index is 13.1. The Morgan fingerprint density at radius 1 is 0.968 bits per heavy atom. The van der Waals surface area contributed by atoms with Gasteiger partial charge in [-0.3, -0.25) is 4.79 Å². The van der Waals surface area contributed by atoms with Crippen molar-refractivity contribution >= 4 is 33.6 Å². The van der Waals surface area contributed by atoms with Gasteiger partial charge in [0.2, 0.25) is 15.9 Å². The van der Waals surface area contributed by atoms with Crippen LogP contribution in [0.2, 0.25) is 5.02 Å². The lowest BCUT2D eigenvalue weighted by atomic mass is 10.2. The summed E-state index contributed by atoms with van der Waals surface area (Å²) in [6.07, 6.45) is 3.94. The van der Waals surface area contributed by atoms with Crippen LogP contribution in [0, 0.1) is 0 Å². The lowest BCUT2D eigenvalue weighted by molar-refractivity contribution is -0.127. The van der Waals surface area contributed by atoms with Gasteiger partial charge in [0.1, 0.15) is 0 Å². The quantitative estimate of drug-likeness (QED) is 0.653. The number of nitrogens with zero attached hydrogens (tertiary/aromatic N) is 2. The summed E-state index contributed by atoms with van der Waals surface area (Å²) in [5.41, 5.74) is 0.830. The van der Waals surface area contributed by atoms with Gasteiger partial charge < -0.3 is 14.4 Å². The third kappa shape index (κ3) is 5.03. The molecule has 0 aromatic heterocycles. The molecule has 164 valence electrons. The van der Waals surface area contributed by atoms with E-state index in [-0.39, 0.29) is 23.9 Å². The Balaban J connectivity index is 1.40. The van der Waals surface area contributed by atoms with Crippen LogP contribution in [0.4, 0.5) is 0 Å². The predicted molar refractivity (Wildman–Crippen MR) is 118 cm³/mol. The average Bonchev–Trinajstić information content (AvgIpc) is 3.02. The molecule has 2 aromatic rings. The van der Waals surface area contributed by atoms with Gasteiger partial charge in [0.25, 0.3) is 0 Å². The van der Waals surface area contributed by atoms with E-state index in [0.29, 0.717) is 42.8 Å². The van der Waals surface area contributed by atoms with E-state index < -0.39 is 10.0 Å². The maximum absolute atomic E-state index is 13.1. The normalized spacial score (nSPS) is 17.5. The molecule has 4 rings (SSSR count). The van der Waals surface area contributed by atoms with Gasteiger partial charge in [-0.25, -0.2) is 8.42 Å². The third-order valence-corrected chi connectivity index (χ3v) is 7.30. The van der Waals surface area contributed by atoms with Crippen molar-refractivity contribution in [2.45, 2.75) is 11.3 Å². The molecule has 2 heterocycles. The third-order valence-electron chi connectivity index (χ3n) is 5.17. The molecule has 0 N–H and O–H groups in total. The minimum atomic E-state index is -3.69. The second kappa shape index (κ2) is 9.30. The number of sulfonamides is 1. The first-order valence-electron chi connectivity index (χ1n) is 10.1. The highest BCUT2D eigenvalue weighted by atomic mass is 35.5. The number of benzene rings is 2. The van der Waals surface area contributed by atoms with Gasteiger partial charge in [-0.2, -0.15) is 4.31 Å². The molecule has 2 aliphatic heterocycles. The van der Waals surface area contributed by atoms with Crippen molar-refractivity contribution in [2.75, 3.05) is 39.4 Å². The highest BCUT2D eigenvalue weighted by Gasteiger charge is 2.30. The van der Waals surface area contributed by atoms with E-state index in [1.807, 2.05) is 12.1 Å². The molecular weight excluding hydrogens is 440 g/mol. The predicted octanol–water partition coefficient (Wildman–Crippen LogP) is 3.05. The summed E-state index contributed by atoms with van der Waals surface area (Å²) in [7, 11) is -3.69. The minimum Gasteiger partial charge on any atom is -0.490 e. The van der Waals surface area contributed by atoms with E-state index in [1.165, 1.54) is 22.5 Å². The van der Waals surface area contributed by atoms with Gasteiger partial charge >= 0.3 is 0 Å². The number of ether oxygens (including phenoxy) is 2. The van der Waals surface area contributed by atoms with E-state index in [9.17, 15) is 13.2 Å². The zero-order valence-electron chi connectivity index (χ0n) is 16.9. The Morgan fingerprint density at radius 3 is 2.45 bits per heavy atom. The molecule has 0 aliphatic carbocycles. The standard InChI is InChI=1S/C22H23ClN2O5S/c23-18-4-1-3-17(15-18)5-8-22(26)24-9-11-25(12-10-24)31(27,28)19-6-7-20-21(16-19)30-14-2-13-29-20/h1,3-8,15-16H,2,9-14H2. The van der Waals surface area contributed by atoms with E-state index >= 15 is 0 Å². The molecule has 31 heavy (non-hydrogen) atoms. The van der Waals surface area contributed by atoms with E-state index in [1.54, 1.807) is 29.2 Å². The first kappa shape index (κ1) is 21.7. The molecule has 0 spiro atoms. The number of halogens is 1. The molecule has 1 amide bonds. The van der Waals surface area contributed by atoms with Crippen LogP contribution in [0.5, 0.6) is 11.5 Å². The van der Waals surface area contributed by atoms with Gasteiger partial charge in [0.05, 0.1) is 18.1 Å². The summed E-state index contributed by atoms with van der Waals surface area (Å²) >= 11 is 5.96. The largest absolute Gasteiger partial charge is 0.490 e. The Hall–Kier alpha value is -2.55. The van der Waals surface area contributed by atoms with Crippen LogP contribution < -0.4 is 9.47 Å².